The molecule has 0 N–H and O–H groups in total. The average Bonchev–Trinajstić information content (AvgIpc) is 3.62. The molecule has 0 atom stereocenters. The normalized spacial score (nSPS) is 11.7. The van der Waals surface area contributed by atoms with Crippen LogP contribution in [0.25, 0.3) is 116 Å². The first-order valence-electron chi connectivity index (χ1n) is 20.1. The number of hydrogen-bond acceptors (Lipinski definition) is 2. The first kappa shape index (κ1) is 33.3. The van der Waals surface area contributed by atoms with E-state index in [1.807, 2.05) is 0 Å². The molecule has 2 aromatic heterocycles. The molecule has 59 heavy (non-hydrogen) atoms. The minimum atomic E-state index is 0.702. The van der Waals surface area contributed by atoms with E-state index in [0.29, 0.717) is 5.82 Å². The van der Waals surface area contributed by atoms with E-state index in [-0.39, 0.29) is 0 Å². The Morgan fingerprint density at radius 1 is 0.305 bits per heavy atom. The van der Waals surface area contributed by atoms with Gasteiger partial charge >= 0.3 is 0 Å². The molecule has 0 fully saturated rings. The molecular weight excluding hydrogens is 715 g/mol. The predicted octanol–water partition coefficient (Wildman–Crippen LogP) is 14.9. The van der Waals surface area contributed by atoms with Crippen molar-refractivity contribution in [3.8, 4) is 50.6 Å². The standard InChI is InChI=1S/C56H35N3/c1-2-12-36(13-3-1)38-22-24-39(25-23-38)43-28-29-49-51(34-43)57-56(58-55(49)44-27-26-37-14-4-5-15-40(37)32-44)48-30-31-53(46-19-9-8-18-45(46)48)59-52-21-11-10-20-47(52)50-33-41-16-6-7-17-42(41)35-54(50)59/h1-35H. The Morgan fingerprint density at radius 3 is 1.69 bits per heavy atom. The zero-order valence-electron chi connectivity index (χ0n) is 32.0. The maximum absolute atomic E-state index is 5.45. The van der Waals surface area contributed by atoms with Crippen molar-refractivity contribution in [3.63, 3.8) is 0 Å². The Hall–Kier alpha value is -7.88. The summed E-state index contributed by atoms with van der Waals surface area (Å²) >= 11 is 0. The Labute approximate surface area is 341 Å². The highest BCUT2D eigenvalue weighted by molar-refractivity contribution is 6.15. The summed E-state index contributed by atoms with van der Waals surface area (Å²) in [6.45, 7) is 0. The highest BCUT2D eigenvalue weighted by atomic mass is 15.0. The SMILES string of the molecule is c1ccc(-c2ccc(-c3ccc4c(-c5ccc6ccccc6c5)nc(-c5ccc(-n6c7ccccc7c7cc8ccccc8cc76)c6ccccc56)nc4c3)cc2)cc1. The smallest absolute Gasteiger partial charge is 0.161 e. The van der Waals surface area contributed by atoms with E-state index < -0.39 is 0 Å². The van der Waals surface area contributed by atoms with Crippen molar-refractivity contribution in [2.45, 2.75) is 0 Å². The highest BCUT2D eigenvalue weighted by Crippen LogP contribution is 2.40. The van der Waals surface area contributed by atoms with E-state index in [2.05, 4.69) is 217 Å². The summed E-state index contributed by atoms with van der Waals surface area (Å²) in [5.41, 5.74) is 12.1. The van der Waals surface area contributed by atoms with Crippen LogP contribution < -0.4 is 0 Å². The number of aromatic nitrogens is 3. The van der Waals surface area contributed by atoms with E-state index in [0.717, 1.165) is 55.3 Å². The van der Waals surface area contributed by atoms with E-state index in [4.69, 9.17) is 9.97 Å². The Bertz CT molecular complexity index is 3600. The third-order valence-electron chi connectivity index (χ3n) is 12.0. The lowest BCUT2D eigenvalue weighted by Crippen LogP contribution is -1.99. The van der Waals surface area contributed by atoms with Crippen LogP contribution in [-0.2, 0) is 0 Å². The first-order valence-corrected chi connectivity index (χ1v) is 20.1. The maximum atomic E-state index is 5.45. The summed E-state index contributed by atoms with van der Waals surface area (Å²) in [6.07, 6.45) is 0. The van der Waals surface area contributed by atoms with Gasteiger partial charge in [0.25, 0.3) is 0 Å². The number of nitrogens with zero attached hydrogens (tertiary/aromatic N) is 3. The first-order chi connectivity index (χ1) is 29.2. The van der Waals surface area contributed by atoms with E-state index in [1.54, 1.807) is 0 Å². The van der Waals surface area contributed by atoms with Gasteiger partial charge in [-0.3, -0.25) is 0 Å². The number of rotatable bonds is 5. The summed E-state index contributed by atoms with van der Waals surface area (Å²) in [6, 6.07) is 76.3. The molecule has 10 aromatic carbocycles. The zero-order chi connectivity index (χ0) is 38.9. The van der Waals surface area contributed by atoms with Gasteiger partial charge in [0.05, 0.1) is 27.9 Å². The van der Waals surface area contributed by atoms with Crippen molar-refractivity contribution in [1.29, 1.82) is 0 Å². The lowest BCUT2D eigenvalue weighted by Gasteiger charge is -2.16. The highest BCUT2D eigenvalue weighted by Gasteiger charge is 2.19. The van der Waals surface area contributed by atoms with Crippen molar-refractivity contribution in [3.05, 3.63) is 212 Å². The van der Waals surface area contributed by atoms with Gasteiger partial charge in [0, 0.05) is 32.7 Å². The summed E-state index contributed by atoms with van der Waals surface area (Å²) in [4.78, 5) is 10.9. The van der Waals surface area contributed by atoms with E-state index in [9.17, 15) is 0 Å². The number of fused-ring (bicyclic) bond motifs is 7. The Morgan fingerprint density at radius 2 is 0.898 bits per heavy atom. The van der Waals surface area contributed by atoms with Gasteiger partial charge in [-0.05, 0) is 97.7 Å². The van der Waals surface area contributed by atoms with Crippen LogP contribution in [-0.4, -0.2) is 14.5 Å². The quantitative estimate of drug-likeness (QED) is 0.175. The minimum absolute atomic E-state index is 0.702. The molecule has 0 unspecified atom stereocenters. The fraction of sp³-hybridized carbons (Fsp3) is 0. The molecule has 274 valence electrons. The van der Waals surface area contributed by atoms with Crippen LogP contribution in [0.3, 0.4) is 0 Å². The molecule has 12 rings (SSSR count). The van der Waals surface area contributed by atoms with Crippen molar-refractivity contribution in [1.82, 2.24) is 14.5 Å². The second kappa shape index (κ2) is 13.4. The van der Waals surface area contributed by atoms with Crippen LogP contribution in [0.1, 0.15) is 0 Å². The molecule has 2 heterocycles. The average molecular weight is 750 g/mol. The van der Waals surface area contributed by atoms with Gasteiger partial charge in [-0.2, -0.15) is 0 Å². The van der Waals surface area contributed by atoms with Crippen molar-refractivity contribution >= 4 is 65.0 Å². The summed E-state index contributed by atoms with van der Waals surface area (Å²) in [5.74, 6) is 0.702. The largest absolute Gasteiger partial charge is 0.309 e. The predicted molar refractivity (Wildman–Crippen MR) is 248 cm³/mol. The van der Waals surface area contributed by atoms with Crippen LogP contribution in [0, 0.1) is 0 Å². The van der Waals surface area contributed by atoms with Gasteiger partial charge in [0.1, 0.15) is 0 Å². The molecular formula is C56H35N3. The minimum Gasteiger partial charge on any atom is -0.309 e. The lowest BCUT2D eigenvalue weighted by atomic mass is 9.97. The second-order valence-electron chi connectivity index (χ2n) is 15.4. The Kier molecular flexibility index (Phi) is 7.54. The van der Waals surface area contributed by atoms with Crippen molar-refractivity contribution < 1.29 is 0 Å². The Balaban J connectivity index is 1.07. The molecule has 0 bridgehead atoms. The van der Waals surface area contributed by atoms with E-state index >= 15 is 0 Å². The molecule has 0 radical (unpaired) electrons. The molecule has 0 aliphatic rings. The fourth-order valence-electron chi connectivity index (χ4n) is 9.06. The maximum Gasteiger partial charge on any atom is 0.161 e. The molecule has 3 heteroatoms. The van der Waals surface area contributed by atoms with Crippen molar-refractivity contribution in [2.75, 3.05) is 0 Å². The molecule has 0 saturated carbocycles. The van der Waals surface area contributed by atoms with Crippen LogP contribution >= 0.6 is 0 Å². The fourth-order valence-corrected chi connectivity index (χ4v) is 9.06. The van der Waals surface area contributed by atoms with Gasteiger partial charge in [-0.15, -0.1) is 0 Å². The summed E-state index contributed by atoms with van der Waals surface area (Å²) < 4.78 is 2.43. The van der Waals surface area contributed by atoms with Gasteiger partial charge in [-0.1, -0.05) is 164 Å². The van der Waals surface area contributed by atoms with Crippen molar-refractivity contribution in [2.24, 2.45) is 0 Å². The molecule has 0 aliphatic carbocycles. The van der Waals surface area contributed by atoms with Gasteiger partial charge in [0.15, 0.2) is 5.82 Å². The topological polar surface area (TPSA) is 30.7 Å². The molecule has 0 amide bonds. The second-order valence-corrected chi connectivity index (χ2v) is 15.4. The molecule has 0 saturated heterocycles. The van der Waals surface area contributed by atoms with Crippen LogP contribution in [0.15, 0.2) is 212 Å². The zero-order valence-corrected chi connectivity index (χ0v) is 32.0. The van der Waals surface area contributed by atoms with Gasteiger partial charge in [0.2, 0.25) is 0 Å². The van der Waals surface area contributed by atoms with E-state index in [1.165, 1.54) is 54.5 Å². The molecule has 3 nitrogen and oxygen atoms in total. The number of para-hydroxylation sites is 1. The van der Waals surface area contributed by atoms with Gasteiger partial charge in [-0.25, -0.2) is 9.97 Å². The molecule has 12 aromatic rings. The lowest BCUT2D eigenvalue weighted by molar-refractivity contribution is 1.19. The van der Waals surface area contributed by atoms with Crippen LogP contribution in [0.2, 0.25) is 0 Å². The monoisotopic (exact) mass is 749 g/mol. The third kappa shape index (κ3) is 5.51. The third-order valence-corrected chi connectivity index (χ3v) is 12.0. The van der Waals surface area contributed by atoms with Crippen LogP contribution in [0.4, 0.5) is 0 Å². The number of hydrogen-bond donors (Lipinski definition) is 0. The van der Waals surface area contributed by atoms with Crippen LogP contribution in [0.5, 0.6) is 0 Å². The summed E-state index contributed by atoms with van der Waals surface area (Å²) in [7, 11) is 0. The molecule has 0 spiro atoms. The van der Waals surface area contributed by atoms with Gasteiger partial charge < -0.3 is 4.57 Å². The number of benzene rings is 10. The summed E-state index contributed by atoms with van der Waals surface area (Å²) in [5, 5.41) is 10.6. The molecule has 0 aliphatic heterocycles.